The molecule has 59 heavy (non-hydrogen) atoms. The summed E-state index contributed by atoms with van der Waals surface area (Å²) in [4.78, 5) is 10.4. The second-order valence-electron chi connectivity index (χ2n) is 16.2. The van der Waals surface area contributed by atoms with Gasteiger partial charge in [-0.05, 0) is 116 Å². The smallest absolute Gasteiger partial charge is 0.160 e. The number of benzene rings is 8. The summed E-state index contributed by atoms with van der Waals surface area (Å²) in [6.45, 7) is 10.9. The predicted molar refractivity (Wildman–Crippen MR) is 250 cm³/mol. The van der Waals surface area contributed by atoms with Crippen molar-refractivity contribution in [1.82, 2.24) is 14.5 Å². The van der Waals surface area contributed by atoms with Gasteiger partial charge in [0.25, 0.3) is 0 Å². The van der Waals surface area contributed by atoms with Gasteiger partial charge in [-0.25, -0.2) is 9.97 Å². The standard InChI is InChI=1S/C56H41N3/c1-5-7-17-35(6-2)51-34-52(36-18-9-8-10-19-36)58-55(57-51)37-26-29-53-47(30-37)48-32-46-44-24-15-16-25-49(44)56(3,4)50(46)33-54(48)59(53)38-27-28-43-41-22-12-11-20-39(41)40-21-13-14-23-42(40)45(43)31-38/h5-34H,2H2,1,3-4H3/b7-5-,35-17+. The Morgan fingerprint density at radius 3 is 1.93 bits per heavy atom. The zero-order valence-corrected chi connectivity index (χ0v) is 33.4. The SMILES string of the molecule is C=C/C(=C\C=C/C)c1cc(-c2ccccc2)nc(-c2ccc3c(c2)c2cc4c(cc2n3-c2ccc3c5ccccc5c5ccccc5c3c2)C(C)(C)c2ccccc2-4)n1. The van der Waals surface area contributed by atoms with E-state index in [-0.39, 0.29) is 5.41 Å². The number of rotatable bonds is 6. The summed E-state index contributed by atoms with van der Waals surface area (Å²) in [7, 11) is 0. The molecule has 0 saturated heterocycles. The van der Waals surface area contributed by atoms with Gasteiger partial charge in [0.1, 0.15) is 0 Å². The minimum absolute atomic E-state index is 0.142. The van der Waals surface area contributed by atoms with Crippen molar-refractivity contribution >= 4 is 59.7 Å². The first kappa shape index (κ1) is 34.9. The van der Waals surface area contributed by atoms with Crippen molar-refractivity contribution in [3.05, 3.63) is 205 Å². The fourth-order valence-corrected chi connectivity index (χ4v) is 9.60. The Bertz CT molecular complexity index is 3400. The highest BCUT2D eigenvalue weighted by molar-refractivity contribution is 6.25. The zero-order chi connectivity index (χ0) is 39.8. The average molecular weight is 756 g/mol. The number of hydrogen-bond acceptors (Lipinski definition) is 2. The van der Waals surface area contributed by atoms with E-state index < -0.39 is 0 Å². The Balaban J connectivity index is 1.20. The van der Waals surface area contributed by atoms with Gasteiger partial charge < -0.3 is 4.57 Å². The molecule has 0 N–H and O–H groups in total. The highest BCUT2D eigenvalue weighted by Gasteiger charge is 2.36. The van der Waals surface area contributed by atoms with Crippen molar-refractivity contribution in [3.8, 4) is 39.5 Å². The normalized spacial score (nSPS) is 13.6. The van der Waals surface area contributed by atoms with Crippen molar-refractivity contribution in [3.63, 3.8) is 0 Å². The van der Waals surface area contributed by atoms with Gasteiger partial charge in [-0.2, -0.15) is 0 Å². The van der Waals surface area contributed by atoms with Crippen LogP contribution in [0.1, 0.15) is 37.6 Å². The molecule has 11 rings (SSSR count). The first-order valence-electron chi connectivity index (χ1n) is 20.4. The fraction of sp³-hybridized carbons (Fsp3) is 0.0714. The summed E-state index contributed by atoms with van der Waals surface area (Å²) in [5.74, 6) is 0.675. The van der Waals surface area contributed by atoms with Gasteiger partial charge in [0, 0.05) is 33.0 Å². The highest BCUT2D eigenvalue weighted by atomic mass is 15.0. The number of allylic oxidation sites excluding steroid dienone is 5. The topological polar surface area (TPSA) is 30.7 Å². The van der Waals surface area contributed by atoms with Crippen LogP contribution in [0.4, 0.5) is 0 Å². The van der Waals surface area contributed by atoms with Crippen molar-refractivity contribution in [1.29, 1.82) is 0 Å². The molecule has 280 valence electrons. The van der Waals surface area contributed by atoms with Gasteiger partial charge >= 0.3 is 0 Å². The lowest BCUT2D eigenvalue weighted by Crippen LogP contribution is -2.14. The maximum absolute atomic E-state index is 5.22. The van der Waals surface area contributed by atoms with Crippen LogP contribution in [0, 0.1) is 0 Å². The van der Waals surface area contributed by atoms with E-state index in [9.17, 15) is 0 Å². The fourth-order valence-electron chi connectivity index (χ4n) is 9.60. The van der Waals surface area contributed by atoms with Crippen LogP contribution in [0.3, 0.4) is 0 Å². The molecule has 1 aliphatic carbocycles. The van der Waals surface area contributed by atoms with E-state index in [1.165, 1.54) is 65.5 Å². The first-order valence-corrected chi connectivity index (χ1v) is 20.4. The van der Waals surface area contributed by atoms with Crippen molar-refractivity contribution < 1.29 is 0 Å². The average Bonchev–Trinajstić information content (AvgIpc) is 3.73. The third-order valence-corrected chi connectivity index (χ3v) is 12.5. The minimum atomic E-state index is -0.142. The van der Waals surface area contributed by atoms with E-state index >= 15 is 0 Å². The molecule has 3 nitrogen and oxygen atoms in total. The van der Waals surface area contributed by atoms with Gasteiger partial charge in [-0.15, -0.1) is 0 Å². The summed E-state index contributed by atoms with van der Waals surface area (Å²) in [6, 6.07) is 57.6. The van der Waals surface area contributed by atoms with Crippen molar-refractivity contribution in [2.24, 2.45) is 0 Å². The van der Waals surface area contributed by atoms with E-state index in [4.69, 9.17) is 9.97 Å². The number of aromatic nitrogens is 3. The number of nitrogens with zero attached hydrogens (tertiary/aromatic N) is 3. The molecule has 1 aliphatic rings. The van der Waals surface area contributed by atoms with Gasteiger partial charge in [-0.1, -0.05) is 154 Å². The summed E-state index contributed by atoms with van der Waals surface area (Å²) < 4.78 is 2.47. The van der Waals surface area contributed by atoms with Crippen LogP contribution in [-0.2, 0) is 5.41 Å². The van der Waals surface area contributed by atoms with E-state index in [1.807, 2.05) is 31.2 Å². The third-order valence-electron chi connectivity index (χ3n) is 12.5. The molecular weight excluding hydrogens is 715 g/mol. The van der Waals surface area contributed by atoms with E-state index in [2.05, 4.69) is 183 Å². The van der Waals surface area contributed by atoms with Crippen molar-refractivity contribution in [2.45, 2.75) is 26.2 Å². The molecule has 0 fully saturated rings. The lowest BCUT2D eigenvalue weighted by atomic mass is 9.82. The van der Waals surface area contributed by atoms with Gasteiger partial charge in [0.05, 0.1) is 22.4 Å². The lowest BCUT2D eigenvalue weighted by Gasteiger charge is -2.21. The summed E-state index contributed by atoms with van der Waals surface area (Å²) >= 11 is 0. The quantitative estimate of drug-likeness (QED) is 0.125. The maximum atomic E-state index is 5.22. The maximum Gasteiger partial charge on any atom is 0.160 e. The largest absolute Gasteiger partial charge is 0.309 e. The Labute approximate surface area is 344 Å². The Morgan fingerprint density at radius 2 is 1.20 bits per heavy atom. The van der Waals surface area contributed by atoms with Crippen LogP contribution >= 0.6 is 0 Å². The minimum Gasteiger partial charge on any atom is -0.309 e. The second kappa shape index (κ2) is 13.4. The molecule has 8 aromatic carbocycles. The van der Waals surface area contributed by atoms with E-state index in [0.29, 0.717) is 5.82 Å². The Kier molecular flexibility index (Phi) is 7.89. The second-order valence-corrected chi connectivity index (χ2v) is 16.2. The summed E-state index contributed by atoms with van der Waals surface area (Å²) in [6.07, 6.45) is 7.97. The molecule has 2 heterocycles. The van der Waals surface area contributed by atoms with Crippen molar-refractivity contribution in [2.75, 3.05) is 0 Å². The summed E-state index contributed by atoms with van der Waals surface area (Å²) in [5.41, 5.74) is 13.3. The van der Waals surface area contributed by atoms with Crippen LogP contribution in [0.5, 0.6) is 0 Å². The molecule has 0 unspecified atom stereocenters. The molecule has 2 aromatic heterocycles. The molecule has 0 spiro atoms. The molecule has 0 aliphatic heterocycles. The van der Waals surface area contributed by atoms with Crippen LogP contribution in [0.2, 0.25) is 0 Å². The highest BCUT2D eigenvalue weighted by Crippen LogP contribution is 2.51. The number of fused-ring (bicyclic) bond motifs is 12. The van der Waals surface area contributed by atoms with Crippen LogP contribution in [0.25, 0.3) is 99.2 Å². The molecule has 0 atom stereocenters. The molecule has 0 bridgehead atoms. The van der Waals surface area contributed by atoms with E-state index in [0.717, 1.165) is 44.7 Å². The molecule has 3 heteroatoms. The third kappa shape index (κ3) is 5.35. The Hall–Kier alpha value is -7.36. The molecular formula is C56H41N3. The van der Waals surface area contributed by atoms with Crippen LogP contribution in [-0.4, -0.2) is 14.5 Å². The molecule has 0 radical (unpaired) electrons. The van der Waals surface area contributed by atoms with Crippen LogP contribution in [0.15, 0.2) is 189 Å². The molecule has 0 saturated carbocycles. The number of hydrogen-bond donors (Lipinski definition) is 0. The van der Waals surface area contributed by atoms with Gasteiger partial charge in [0.2, 0.25) is 0 Å². The molecule has 10 aromatic rings. The Morgan fingerprint density at radius 1 is 0.542 bits per heavy atom. The zero-order valence-electron chi connectivity index (χ0n) is 33.4. The first-order chi connectivity index (χ1) is 28.9. The van der Waals surface area contributed by atoms with E-state index in [1.54, 1.807) is 0 Å². The molecule has 0 amide bonds. The van der Waals surface area contributed by atoms with Gasteiger partial charge in [0.15, 0.2) is 5.82 Å². The van der Waals surface area contributed by atoms with Gasteiger partial charge in [-0.3, -0.25) is 0 Å². The van der Waals surface area contributed by atoms with Crippen LogP contribution < -0.4 is 0 Å². The summed E-state index contributed by atoms with van der Waals surface area (Å²) in [5, 5.41) is 9.97. The monoisotopic (exact) mass is 755 g/mol. The predicted octanol–water partition coefficient (Wildman–Crippen LogP) is 14.8. The lowest BCUT2D eigenvalue weighted by molar-refractivity contribution is 0.661.